The van der Waals surface area contributed by atoms with Gasteiger partial charge in [-0.2, -0.15) is 5.10 Å². The van der Waals surface area contributed by atoms with Crippen LogP contribution in [0.3, 0.4) is 0 Å². The van der Waals surface area contributed by atoms with E-state index in [1.807, 2.05) is 4.68 Å². The summed E-state index contributed by atoms with van der Waals surface area (Å²) in [5.41, 5.74) is 1.99. The summed E-state index contributed by atoms with van der Waals surface area (Å²) in [6.45, 7) is 7.84. The molecule has 5 nitrogen and oxygen atoms in total. The number of aromatic nitrogens is 2. The van der Waals surface area contributed by atoms with Gasteiger partial charge in [-0.1, -0.05) is 25.4 Å². The first kappa shape index (κ1) is 17.4. The molecule has 0 aliphatic carbocycles. The number of hydrogen-bond acceptors (Lipinski definition) is 4. The fraction of sp³-hybridized carbons (Fsp3) is 0.786. The van der Waals surface area contributed by atoms with Gasteiger partial charge in [0.05, 0.1) is 22.5 Å². The highest BCUT2D eigenvalue weighted by Gasteiger charge is 2.24. The molecular weight excluding hydrogens is 278 g/mol. The third kappa shape index (κ3) is 3.95. The van der Waals surface area contributed by atoms with E-state index in [0.717, 1.165) is 42.3 Å². The van der Waals surface area contributed by atoms with Crippen molar-refractivity contribution >= 4 is 11.6 Å². The summed E-state index contributed by atoms with van der Waals surface area (Å²) in [4.78, 5) is 0. The van der Waals surface area contributed by atoms with Crippen LogP contribution in [0.15, 0.2) is 0 Å². The topological polar surface area (TPSA) is 48.3 Å². The Labute approximate surface area is 126 Å². The van der Waals surface area contributed by atoms with Gasteiger partial charge in [0.15, 0.2) is 6.29 Å². The predicted octanol–water partition coefficient (Wildman–Crippen LogP) is 2.26. The van der Waals surface area contributed by atoms with Gasteiger partial charge in [0, 0.05) is 27.2 Å². The monoisotopic (exact) mass is 303 g/mol. The quantitative estimate of drug-likeness (QED) is 0.711. The molecule has 0 saturated heterocycles. The Balaban J connectivity index is 3.00. The zero-order chi connectivity index (χ0) is 15.1. The highest BCUT2D eigenvalue weighted by molar-refractivity contribution is 6.31. The van der Waals surface area contributed by atoms with Gasteiger partial charge in [0.25, 0.3) is 0 Å². The molecule has 0 spiro atoms. The summed E-state index contributed by atoms with van der Waals surface area (Å²) in [5, 5.41) is 8.70. The third-order valence-corrected chi connectivity index (χ3v) is 3.80. The summed E-state index contributed by atoms with van der Waals surface area (Å²) >= 11 is 6.45. The maximum atomic E-state index is 6.45. The minimum Gasteiger partial charge on any atom is -0.354 e. The lowest BCUT2D eigenvalue weighted by atomic mass is 10.1. The van der Waals surface area contributed by atoms with Crippen molar-refractivity contribution < 1.29 is 9.47 Å². The van der Waals surface area contributed by atoms with Crippen molar-refractivity contribution in [1.82, 2.24) is 15.1 Å². The molecule has 0 aliphatic heterocycles. The molecule has 0 radical (unpaired) electrons. The minimum atomic E-state index is -0.309. The van der Waals surface area contributed by atoms with E-state index in [1.54, 1.807) is 14.2 Å². The molecule has 1 heterocycles. The lowest BCUT2D eigenvalue weighted by Gasteiger charge is -2.25. The first-order valence-corrected chi connectivity index (χ1v) is 7.53. The summed E-state index contributed by atoms with van der Waals surface area (Å²) in [6, 6.07) is 0.0409. The summed E-state index contributed by atoms with van der Waals surface area (Å²) in [5.74, 6) is 0. The van der Waals surface area contributed by atoms with Gasteiger partial charge in [0.1, 0.15) is 0 Å². The SMILES string of the molecule is CCNC(Cc1c(Cl)c(CC)nn1CC)C(OC)OC. The minimum absolute atomic E-state index is 0.0409. The van der Waals surface area contributed by atoms with E-state index in [2.05, 4.69) is 31.2 Å². The Morgan fingerprint density at radius 3 is 2.35 bits per heavy atom. The zero-order valence-corrected chi connectivity index (χ0v) is 13.8. The molecular formula is C14H26ClN3O2. The molecule has 0 saturated carbocycles. The van der Waals surface area contributed by atoms with E-state index in [0.29, 0.717) is 0 Å². The number of rotatable bonds is 9. The smallest absolute Gasteiger partial charge is 0.172 e. The van der Waals surface area contributed by atoms with Crippen LogP contribution in [0.1, 0.15) is 32.2 Å². The molecule has 1 rings (SSSR count). The number of hydrogen-bond donors (Lipinski definition) is 1. The van der Waals surface area contributed by atoms with Gasteiger partial charge < -0.3 is 14.8 Å². The molecule has 6 heteroatoms. The Morgan fingerprint density at radius 2 is 1.90 bits per heavy atom. The van der Waals surface area contributed by atoms with E-state index in [9.17, 15) is 0 Å². The number of aryl methyl sites for hydroxylation is 2. The van der Waals surface area contributed by atoms with Gasteiger partial charge >= 0.3 is 0 Å². The molecule has 0 amide bonds. The standard InChI is InChI=1S/C14H26ClN3O2/c1-6-10-13(15)12(18(8-3)17-10)9-11(16-7-2)14(19-4)20-5/h11,14,16H,6-9H2,1-5H3. The van der Waals surface area contributed by atoms with Crippen LogP contribution < -0.4 is 5.32 Å². The average Bonchev–Trinajstić information content (AvgIpc) is 2.76. The first-order valence-electron chi connectivity index (χ1n) is 7.15. The van der Waals surface area contributed by atoms with Crippen molar-refractivity contribution in [2.24, 2.45) is 0 Å². The van der Waals surface area contributed by atoms with Crippen LogP contribution in [-0.4, -0.2) is 42.9 Å². The van der Waals surface area contributed by atoms with Crippen LogP contribution in [0.4, 0.5) is 0 Å². The number of halogens is 1. The largest absolute Gasteiger partial charge is 0.354 e. The van der Waals surface area contributed by atoms with Crippen LogP contribution >= 0.6 is 11.6 Å². The number of nitrogens with one attached hydrogen (secondary N) is 1. The highest BCUT2D eigenvalue weighted by atomic mass is 35.5. The molecule has 0 aromatic carbocycles. The maximum absolute atomic E-state index is 6.45. The van der Waals surface area contributed by atoms with Crippen LogP contribution in [0.5, 0.6) is 0 Å². The molecule has 1 aromatic rings. The van der Waals surface area contributed by atoms with Gasteiger partial charge in [-0.25, -0.2) is 0 Å². The summed E-state index contributed by atoms with van der Waals surface area (Å²) < 4.78 is 12.7. The van der Waals surface area contributed by atoms with E-state index in [-0.39, 0.29) is 12.3 Å². The maximum Gasteiger partial charge on any atom is 0.172 e. The number of likely N-dealkylation sites (N-methyl/N-ethyl adjacent to an activating group) is 1. The second kappa shape index (κ2) is 8.62. The number of methoxy groups -OCH3 is 2. The van der Waals surface area contributed by atoms with Gasteiger partial charge in [-0.3, -0.25) is 4.68 Å². The van der Waals surface area contributed by atoms with Crippen molar-refractivity contribution in [3.8, 4) is 0 Å². The van der Waals surface area contributed by atoms with Crippen LogP contribution in [-0.2, 0) is 28.9 Å². The normalized spacial score (nSPS) is 13.2. The van der Waals surface area contributed by atoms with E-state index >= 15 is 0 Å². The molecule has 1 atom stereocenters. The fourth-order valence-corrected chi connectivity index (χ4v) is 2.72. The molecule has 0 aliphatic rings. The molecule has 1 N–H and O–H groups in total. The molecule has 1 aromatic heterocycles. The van der Waals surface area contributed by atoms with Crippen LogP contribution in [0.2, 0.25) is 5.02 Å². The third-order valence-electron chi connectivity index (χ3n) is 3.37. The molecule has 20 heavy (non-hydrogen) atoms. The van der Waals surface area contributed by atoms with Crippen molar-refractivity contribution in [3.63, 3.8) is 0 Å². The van der Waals surface area contributed by atoms with Crippen molar-refractivity contribution in [2.45, 2.75) is 52.5 Å². The second-order valence-electron chi connectivity index (χ2n) is 4.58. The molecule has 0 bridgehead atoms. The van der Waals surface area contributed by atoms with Gasteiger partial charge in [0.2, 0.25) is 0 Å². The Morgan fingerprint density at radius 1 is 1.25 bits per heavy atom. The Hall–Kier alpha value is -0.620. The summed E-state index contributed by atoms with van der Waals surface area (Å²) in [6.07, 6.45) is 1.25. The number of nitrogens with zero attached hydrogens (tertiary/aromatic N) is 2. The Bertz CT molecular complexity index is 405. The second-order valence-corrected chi connectivity index (χ2v) is 4.96. The van der Waals surface area contributed by atoms with Crippen molar-refractivity contribution in [3.05, 3.63) is 16.4 Å². The lowest BCUT2D eigenvalue weighted by molar-refractivity contribution is -0.122. The molecule has 116 valence electrons. The Kier molecular flexibility index (Phi) is 7.51. The van der Waals surface area contributed by atoms with E-state index < -0.39 is 0 Å². The predicted molar refractivity (Wildman–Crippen MR) is 81.3 cm³/mol. The number of ether oxygens (including phenoxy) is 2. The van der Waals surface area contributed by atoms with Crippen molar-refractivity contribution in [1.29, 1.82) is 0 Å². The van der Waals surface area contributed by atoms with E-state index in [4.69, 9.17) is 21.1 Å². The van der Waals surface area contributed by atoms with Gasteiger partial charge in [-0.05, 0) is 19.9 Å². The van der Waals surface area contributed by atoms with Gasteiger partial charge in [-0.15, -0.1) is 0 Å². The highest BCUT2D eigenvalue weighted by Crippen LogP contribution is 2.23. The lowest BCUT2D eigenvalue weighted by Crippen LogP contribution is -2.44. The first-order chi connectivity index (χ1) is 9.62. The van der Waals surface area contributed by atoms with Crippen LogP contribution in [0, 0.1) is 0 Å². The molecule has 0 fully saturated rings. The summed E-state index contributed by atoms with van der Waals surface area (Å²) in [7, 11) is 3.30. The van der Waals surface area contributed by atoms with E-state index in [1.165, 1.54) is 0 Å². The molecule has 1 unspecified atom stereocenters. The van der Waals surface area contributed by atoms with Crippen molar-refractivity contribution in [2.75, 3.05) is 20.8 Å². The fourth-order valence-electron chi connectivity index (χ4n) is 2.37. The van der Waals surface area contributed by atoms with Crippen LogP contribution in [0.25, 0.3) is 0 Å². The zero-order valence-electron chi connectivity index (χ0n) is 13.1. The average molecular weight is 304 g/mol.